The lowest BCUT2D eigenvalue weighted by atomic mass is 10.1. The fourth-order valence-electron chi connectivity index (χ4n) is 2.84. The van der Waals surface area contributed by atoms with Crippen molar-refractivity contribution in [3.63, 3.8) is 0 Å². The van der Waals surface area contributed by atoms with Crippen LogP contribution in [0.1, 0.15) is 27.0 Å². The molecule has 0 saturated carbocycles. The third-order valence-corrected chi connectivity index (χ3v) is 6.29. The second-order valence-corrected chi connectivity index (χ2v) is 8.75. The predicted molar refractivity (Wildman–Crippen MR) is 117 cm³/mol. The largest absolute Gasteiger partial charge is 0.452 e. The van der Waals surface area contributed by atoms with Crippen LogP contribution >= 0.6 is 23.5 Å². The SMILES string of the molecule is Cc1cc(C)cc(NC(=O)COC(=O)c2ccccc2CSC2=NCCS2)c1. The topological polar surface area (TPSA) is 67.8 Å². The molecule has 5 nitrogen and oxygen atoms in total. The number of ether oxygens (including phenoxy) is 1. The summed E-state index contributed by atoms with van der Waals surface area (Å²) >= 11 is 3.36. The van der Waals surface area contributed by atoms with Crippen molar-refractivity contribution >= 4 is 45.5 Å². The first-order chi connectivity index (χ1) is 13.5. The molecular formula is C21H22N2O3S2. The van der Waals surface area contributed by atoms with Gasteiger partial charge in [-0.1, -0.05) is 47.8 Å². The molecule has 1 aliphatic heterocycles. The number of carbonyl (C=O) groups is 2. The van der Waals surface area contributed by atoms with Gasteiger partial charge in [0.2, 0.25) is 0 Å². The average Bonchev–Trinajstić information content (AvgIpc) is 3.17. The molecule has 0 saturated heterocycles. The number of esters is 1. The van der Waals surface area contributed by atoms with Crippen LogP contribution in [0.4, 0.5) is 5.69 Å². The second kappa shape index (κ2) is 9.80. The maximum atomic E-state index is 12.5. The van der Waals surface area contributed by atoms with Crippen LogP contribution in [0, 0.1) is 13.8 Å². The lowest BCUT2D eigenvalue weighted by molar-refractivity contribution is -0.119. The van der Waals surface area contributed by atoms with Crippen molar-refractivity contribution in [1.29, 1.82) is 0 Å². The van der Waals surface area contributed by atoms with Crippen molar-refractivity contribution in [1.82, 2.24) is 0 Å². The fraction of sp³-hybridized carbons (Fsp3) is 0.286. The number of hydrogen-bond acceptors (Lipinski definition) is 6. The minimum atomic E-state index is -0.493. The van der Waals surface area contributed by atoms with E-state index in [1.165, 1.54) is 0 Å². The summed E-state index contributed by atoms with van der Waals surface area (Å²) in [6, 6.07) is 13.1. The van der Waals surface area contributed by atoms with Crippen LogP contribution in [0.25, 0.3) is 0 Å². The fourth-order valence-corrected chi connectivity index (χ4v) is 4.85. The minimum absolute atomic E-state index is 0.324. The van der Waals surface area contributed by atoms with E-state index < -0.39 is 5.97 Å². The van der Waals surface area contributed by atoms with E-state index in [1.54, 1.807) is 35.7 Å². The van der Waals surface area contributed by atoms with Gasteiger partial charge < -0.3 is 10.1 Å². The van der Waals surface area contributed by atoms with Gasteiger partial charge in [-0.05, 0) is 48.7 Å². The summed E-state index contributed by atoms with van der Waals surface area (Å²) in [6.07, 6.45) is 0. The summed E-state index contributed by atoms with van der Waals surface area (Å²) in [6.45, 7) is 4.46. The molecule has 1 aliphatic rings. The van der Waals surface area contributed by atoms with Crippen LogP contribution < -0.4 is 5.32 Å². The van der Waals surface area contributed by atoms with Crippen LogP contribution in [-0.4, -0.2) is 35.2 Å². The first-order valence-electron chi connectivity index (χ1n) is 8.94. The first kappa shape index (κ1) is 20.5. The molecule has 7 heteroatoms. The average molecular weight is 415 g/mol. The molecule has 1 heterocycles. The Morgan fingerprint density at radius 3 is 2.64 bits per heavy atom. The summed E-state index contributed by atoms with van der Waals surface area (Å²) in [5.74, 6) is 0.808. The summed E-state index contributed by atoms with van der Waals surface area (Å²) in [7, 11) is 0. The van der Waals surface area contributed by atoms with Gasteiger partial charge in [-0.15, -0.1) is 0 Å². The van der Waals surface area contributed by atoms with Gasteiger partial charge in [0.15, 0.2) is 6.61 Å². The van der Waals surface area contributed by atoms with E-state index in [9.17, 15) is 9.59 Å². The molecule has 1 amide bonds. The highest BCUT2D eigenvalue weighted by atomic mass is 32.2. The molecule has 0 radical (unpaired) electrons. The summed E-state index contributed by atoms with van der Waals surface area (Å²) in [4.78, 5) is 29.0. The Kier molecular flexibility index (Phi) is 7.17. The van der Waals surface area contributed by atoms with Gasteiger partial charge in [0.1, 0.15) is 4.38 Å². The maximum absolute atomic E-state index is 12.5. The Morgan fingerprint density at radius 2 is 1.93 bits per heavy atom. The number of anilines is 1. The Labute approximate surface area is 173 Å². The molecule has 0 spiro atoms. The van der Waals surface area contributed by atoms with Gasteiger partial charge in [-0.2, -0.15) is 0 Å². The Bertz CT molecular complexity index is 892. The normalized spacial score (nSPS) is 13.1. The Hall–Kier alpha value is -2.25. The lowest BCUT2D eigenvalue weighted by Gasteiger charge is -2.10. The van der Waals surface area contributed by atoms with Gasteiger partial charge in [-0.25, -0.2) is 4.79 Å². The summed E-state index contributed by atoms with van der Waals surface area (Å²) in [5, 5.41) is 2.77. The second-order valence-electron chi connectivity index (χ2n) is 6.44. The highest BCUT2D eigenvalue weighted by Crippen LogP contribution is 2.26. The number of nitrogens with one attached hydrogen (secondary N) is 1. The highest BCUT2D eigenvalue weighted by molar-refractivity contribution is 8.38. The van der Waals surface area contributed by atoms with E-state index >= 15 is 0 Å². The van der Waals surface area contributed by atoms with Crippen LogP contribution in [0.15, 0.2) is 47.5 Å². The standard InChI is InChI=1S/C21H22N2O3S2/c1-14-9-15(2)11-17(10-14)23-19(24)12-26-20(25)18-6-4-3-5-16(18)13-28-21-22-7-8-27-21/h3-6,9-11H,7-8,12-13H2,1-2H3,(H,23,24). The number of carbonyl (C=O) groups excluding carboxylic acids is 2. The molecule has 0 fully saturated rings. The quantitative estimate of drug-likeness (QED) is 0.708. The highest BCUT2D eigenvalue weighted by Gasteiger charge is 2.16. The molecule has 3 rings (SSSR count). The molecule has 0 unspecified atom stereocenters. The number of hydrogen-bond donors (Lipinski definition) is 1. The lowest BCUT2D eigenvalue weighted by Crippen LogP contribution is -2.21. The third-order valence-electron chi connectivity index (χ3n) is 3.99. The Morgan fingerprint density at radius 1 is 1.18 bits per heavy atom. The molecule has 0 aliphatic carbocycles. The van der Waals surface area contributed by atoms with Crippen LogP contribution in [-0.2, 0) is 15.3 Å². The van der Waals surface area contributed by atoms with Gasteiger partial charge in [-0.3, -0.25) is 9.79 Å². The van der Waals surface area contributed by atoms with Crippen LogP contribution in [0.2, 0.25) is 0 Å². The van der Waals surface area contributed by atoms with E-state index in [0.717, 1.165) is 33.4 Å². The molecule has 146 valence electrons. The van der Waals surface area contributed by atoms with Crippen molar-refractivity contribution in [2.75, 3.05) is 24.2 Å². The van der Waals surface area contributed by atoms with Crippen LogP contribution in [0.3, 0.4) is 0 Å². The molecule has 0 aromatic heterocycles. The van der Waals surface area contributed by atoms with E-state index in [4.69, 9.17) is 4.74 Å². The summed E-state index contributed by atoms with van der Waals surface area (Å²) in [5.41, 5.74) is 4.18. The van der Waals surface area contributed by atoms with E-state index in [-0.39, 0.29) is 12.5 Å². The molecule has 1 N–H and O–H groups in total. The van der Waals surface area contributed by atoms with Crippen molar-refractivity contribution in [3.8, 4) is 0 Å². The maximum Gasteiger partial charge on any atom is 0.338 e. The molecule has 28 heavy (non-hydrogen) atoms. The monoisotopic (exact) mass is 414 g/mol. The zero-order valence-corrected chi connectivity index (χ0v) is 17.5. The number of rotatable bonds is 6. The Balaban J connectivity index is 1.56. The molecule has 0 atom stereocenters. The van der Waals surface area contributed by atoms with Gasteiger partial charge in [0, 0.05) is 17.2 Å². The number of thioether (sulfide) groups is 2. The van der Waals surface area contributed by atoms with Gasteiger partial charge in [0.25, 0.3) is 5.91 Å². The van der Waals surface area contributed by atoms with E-state index in [1.807, 2.05) is 44.2 Å². The van der Waals surface area contributed by atoms with Crippen molar-refractivity contribution < 1.29 is 14.3 Å². The smallest absolute Gasteiger partial charge is 0.338 e. The van der Waals surface area contributed by atoms with Gasteiger partial charge in [0.05, 0.1) is 12.1 Å². The van der Waals surface area contributed by atoms with Crippen LogP contribution in [0.5, 0.6) is 0 Å². The predicted octanol–water partition coefficient (Wildman–Crippen LogP) is 4.43. The molecule has 0 bridgehead atoms. The number of aryl methyl sites for hydroxylation is 2. The van der Waals surface area contributed by atoms with E-state index in [0.29, 0.717) is 17.0 Å². The van der Waals surface area contributed by atoms with Crippen molar-refractivity contribution in [2.45, 2.75) is 19.6 Å². The molecule has 2 aromatic carbocycles. The third kappa shape index (κ3) is 5.87. The van der Waals surface area contributed by atoms with E-state index in [2.05, 4.69) is 10.3 Å². The number of nitrogens with zero attached hydrogens (tertiary/aromatic N) is 1. The number of amides is 1. The minimum Gasteiger partial charge on any atom is -0.452 e. The zero-order chi connectivity index (χ0) is 19.9. The van der Waals surface area contributed by atoms with Gasteiger partial charge >= 0.3 is 5.97 Å². The molecular weight excluding hydrogens is 392 g/mol. The van der Waals surface area contributed by atoms with Crippen molar-refractivity contribution in [3.05, 3.63) is 64.7 Å². The summed E-state index contributed by atoms with van der Waals surface area (Å²) < 4.78 is 6.29. The number of aliphatic imine (C=N–C) groups is 1. The zero-order valence-electron chi connectivity index (χ0n) is 15.9. The van der Waals surface area contributed by atoms with Crippen molar-refractivity contribution in [2.24, 2.45) is 4.99 Å². The first-order valence-corrected chi connectivity index (χ1v) is 10.9. The molecule has 2 aromatic rings. The number of benzene rings is 2.